The molecule has 0 saturated heterocycles. The predicted octanol–water partition coefficient (Wildman–Crippen LogP) is 3.04. The largest absolute Gasteiger partial charge is 0.452 e. The van der Waals surface area contributed by atoms with Crippen molar-refractivity contribution >= 4 is 18.0 Å². The van der Waals surface area contributed by atoms with Gasteiger partial charge in [0.25, 0.3) is 5.91 Å². The molecule has 24 heavy (non-hydrogen) atoms. The minimum atomic E-state index is -0.624. The third-order valence-corrected chi connectivity index (χ3v) is 3.31. The SMILES string of the molecule is CN(Cc1ccccc1)C(=O)COC(=O)C=Cc1ccc(F)cc1. The Morgan fingerprint density at radius 1 is 1.08 bits per heavy atom. The van der Waals surface area contributed by atoms with E-state index < -0.39 is 5.97 Å². The Morgan fingerprint density at radius 3 is 2.42 bits per heavy atom. The summed E-state index contributed by atoms with van der Waals surface area (Å²) >= 11 is 0. The number of rotatable bonds is 6. The summed E-state index contributed by atoms with van der Waals surface area (Å²) in [5.41, 5.74) is 1.66. The number of hydrogen-bond donors (Lipinski definition) is 0. The van der Waals surface area contributed by atoms with Crippen LogP contribution in [-0.2, 0) is 20.9 Å². The minimum Gasteiger partial charge on any atom is -0.452 e. The summed E-state index contributed by atoms with van der Waals surface area (Å²) in [6, 6.07) is 15.2. The molecule has 0 heterocycles. The lowest BCUT2D eigenvalue weighted by Gasteiger charge is -2.16. The molecule has 0 saturated carbocycles. The lowest BCUT2D eigenvalue weighted by Crippen LogP contribution is -2.30. The van der Waals surface area contributed by atoms with E-state index in [2.05, 4.69) is 0 Å². The molecule has 0 fully saturated rings. The summed E-state index contributed by atoms with van der Waals surface area (Å²) in [5.74, 6) is -1.26. The molecule has 2 rings (SSSR count). The van der Waals surface area contributed by atoms with Gasteiger partial charge in [-0.15, -0.1) is 0 Å². The molecule has 4 nitrogen and oxygen atoms in total. The van der Waals surface area contributed by atoms with Crippen LogP contribution in [-0.4, -0.2) is 30.4 Å². The first-order chi connectivity index (χ1) is 11.5. The number of esters is 1. The van der Waals surface area contributed by atoms with Gasteiger partial charge in [-0.3, -0.25) is 4.79 Å². The van der Waals surface area contributed by atoms with Gasteiger partial charge in [0.2, 0.25) is 0 Å². The maximum absolute atomic E-state index is 12.8. The van der Waals surface area contributed by atoms with Crippen molar-refractivity contribution in [1.29, 1.82) is 0 Å². The zero-order chi connectivity index (χ0) is 17.4. The Bertz CT molecular complexity index is 711. The highest BCUT2D eigenvalue weighted by Crippen LogP contribution is 2.05. The zero-order valence-corrected chi connectivity index (χ0v) is 13.3. The summed E-state index contributed by atoms with van der Waals surface area (Å²) in [6.07, 6.45) is 2.71. The van der Waals surface area contributed by atoms with Crippen LogP contribution < -0.4 is 0 Å². The molecule has 2 aromatic rings. The molecule has 0 aliphatic heterocycles. The van der Waals surface area contributed by atoms with Crippen molar-refractivity contribution in [1.82, 2.24) is 4.90 Å². The van der Waals surface area contributed by atoms with E-state index in [-0.39, 0.29) is 18.3 Å². The highest BCUT2D eigenvalue weighted by molar-refractivity contribution is 5.89. The second-order valence-electron chi connectivity index (χ2n) is 5.23. The van der Waals surface area contributed by atoms with Crippen molar-refractivity contribution in [3.63, 3.8) is 0 Å². The molecule has 0 unspecified atom stereocenters. The number of hydrogen-bond acceptors (Lipinski definition) is 3. The number of carbonyl (C=O) groups is 2. The molecule has 0 atom stereocenters. The van der Waals surface area contributed by atoms with Gasteiger partial charge < -0.3 is 9.64 Å². The molecule has 5 heteroatoms. The van der Waals surface area contributed by atoms with Crippen LogP contribution in [0.3, 0.4) is 0 Å². The number of ether oxygens (including phenoxy) is 1. The highest BCUT2D eigenvalue weighted by Gasteiger charge is 2.11. The van der Waals surface area contributed by atoms with Crippen LogP contribution in [0.5, 0.6) is 0 Å². The maximum Gasteiger partial charge on any atom is 0.331 e. The summed E-state index contributed by atoms with van der Waals surface area (Å²) in [6.45, 7) is 0.124. The van der Waals surface area contributed by atoms with Crippen molar-refractivity contribution in [2.75, 3.05) is 13.7 Å². The van der Waals surface area contributed by atoms with Gasteiger partial charge in [-0.1, -0.05) is 42.5 Å². The number of benzene rings is 2. The lowest BCUT2D eigenvalue weighted by atomic mass is 10.2. The highest BCUT2D eigenvalue weighted by atomic mass is 19.1. The maximum atomic E-state index is 12.8. The monoisotopic (exact) mass is 327 g/mol. The van der Waals surface area contributed by atoms with Crippen molar-refractivity contribution < 1.29 is 18.7 Å². The van der Waals surface area contributed by atoms with E-state index in [1.165, 1.54) is 41.3 Å². The number of nitrogens with zero attached hydrogens (tertiary/aromatic N) is 1. The van der Waals surface area contributed by atoms with Crippen LogP contribution in [0.2, 0.25) is 0 Å². The fourth-order valence-electron chi connectivity index (χ4n) is 1.97. The molecule has 124 valence electrons. The van der Waals surface area contributed by atoms with E-state index in [0.29, 0.717) is 12.1 Å². The van der Waals surface area contributed by atoms with Crippen molar-refractivity contribution in [2.24, 2.45) is 0 Å². The lowest BCUT2D eigenvalue weighted by molar-refractivity contribution is -0.147. The second-order valence-corrected chi connectivity index (χ2v) is 5.23. The van der Waals surface area contributed by atoms with Gasteiger partial charge in [-0.2, -0.15) is 0 Å². The van der Waals surface area contributed by atoms with Gasteiger partial charge in [-0.25, -0.2) is 9.18 Å². The normalized spacial score (nSPS) is 10.6. The molecule has 0 N–H and O–H groups in total. The third-order valence-electron chi connectivity index (χ3n) is 3.31. The van der Waals surface area contributed by atoms with Crippen LogP contribution in [0.15, 0.2) is 60.7 Å². The number of amides is 1. The first-order valence-corrected chi connectivity index (χ1v) is 7.43. The van der Waals surface area contributed by atoms with Gasteiger partial charge in [0.15, 0.2) is 6.61 Å². The predicted molar refractivity (Wildman–Crippen MR) is 89.3 cm³/mol. The van der Waals surface area contributed by atoms with Gasteiger partial charge >= 0.3 is 5.97 Å². The molecule has 2 aromatic carbocycles. The fourth-order valence-corrected chi connectivity index (χ4v) is 1.97. The zero-order valence-electron chi connectivity index (χ0n) is 13.3. The Kier molecular flexibility index (Phi) is 6.25. The average molecular weight is 327 g/mol. The van der Waals surface area contributed by atoms with E-state index >= 15 is 0 Å². The standard InChI is InChI=1S/C19H18FNO3/c1-21(13-16-5-3-2-4-6-16)18(22)14-24-19(23)12-9-15-7-10-17(20)11-8-15/h2-12H,13-14H2,1H3. The number of carbonyl (C=O) groups excluding carboxylic acids is 2. The first-order valence-electron chi connectivity index (χ1n) is 7.43. The smallest absolute Gasteiger partial charge is 0.331 e. The van der Waals surface area contributed by atoms with E-state index in [0.717, 1.165) is 5.56 Å². The number of likely N-dealkylation sites (N-methyl/N-ethyl adjacent to an activating group) is 1. The molecule has 1 amide bonds. The van der Waals surface area contributed by atoms with Crippen molar-refractivity contribution in [3.8, 4) is 0 Å². The van der Waals surface area contributed by atoms with E-state index in [1.807, 2.05) is 30.3 Å². The first kappa shape index (κ1) is 17.4. The van der Waals surface area contributed by atoms with Crippen LogP contribution >= 0.6 is 0 Å². The summed E-state index contributed by atoms with van der Waals surface area (Å²) in [5, 5.41) is 0. The van der Waals surface area contributed by atoms with E-state index in [1.54, 1.807) is 7.05 Å². The summed E-state index contributed by atoms with van der Waals surface area (Å²) in [4.78, 5) is 25.1. The van der Waals surface area contributed by atoms with E-state index in [9.17, 15) is 14.0 Å². The molecule has 0 bridgehead atoms. The van der Waals surface area contributed by atoms with Crippen LogP contribution in [0.25, 0.3) is 6.08 Å². The van der Waals surface area contributed by atoms with Gasteiger partial charge in [-0.05, 0) is 29.3 Å². The Morgan fingerprint density at radius 2 is 1.75 bits per heavy atom. The quantitative estimate of drug-likeness (QED) is 0.605. The average Bonchev–Trinajstić information content (AvgIpc) is 2.60. The fraction of sp³-hybridized carbons (Fsp3) is 0.158. The molecule has 0 aliphatic rings. The summed E-state index contributed by atoms with van der Waals surface area (Å²) < 4.78 is 17.7. The number of halogens is 1. The van der Waals surface area contributed by atoms with Crippen molar-refractivity contribution in [2.45, 2.75) is 6.54 Å². The third kappa shape index (κ3) is 5.68. The topological polar surface area (TPSA) is 46.6 Å². The molecule has 0 aliphatic carbocycles. The molecular formula is C19H18FNO3. The van der Waals surface area contributed by atoms with Gasteiger partial charge in [0.1, 0.15) is 5.82 Å². The molecular weight excluding hydrogens is 309 g/mol. The Balaban J connectivity index is 1.78. The van der Waals surface area contributed by atoms with Crippen LogP contribution in [0, 0.1) is 5.82 Å². The van der Waals surface area contributed by atoms with Crippen molar-refractivity contribution in [3.05, 3.63) is 77.6 Å². The summed E-state index contributed by atoms with van der Waals surface area (Å²) in [7, 11) is 1.65. The Labute approximate surface area is 140 Å². The van der Waals surface area contributed by atoms with Crippen LogP contribution in [0.1, 0.15) is 11.1 Å². The molecule has 0 spiro atoms. The molecule has 0 aromatic heterocycles. The van der Waals surface area contributed by atoms with E-state index in [4.69, 9.17) is 4.74 Å². The van der Waals surface area contributed by atoms with Crippen LogP contribution in [0.4, 0.5) is 4.39 Å². The molecule has 0 radical (unpaired) electrons. The second kappa shape index (κ2) is 8.62. The minimum absolute atomic E-state index is 0.289. The van der Waals surface area contributed by atoms with Gasteiger partial charge in [0.05, 0.1) is 0 Å². The Hall–Kier alpha value is -2.95. The van der Waals surface area contributed by atoms with Gasteiger partial charge in [0, 0.05) is 19.7 Å².